The fourth-order valence-corrected chi connectivity index (χ4v) is 3.00. The highest BCUT2D eigenvalue weighted by Crippen LogP contribution is 2.29. The second-order valence-electron chi connectivity index (χ2n) is 4.67. The van der Waals surface area contributed by atoms with Crippen molar-refractivity contribution in [3.05, 3.63) is 58.1 Å². The smallest absolute Gasteiger partial charge is 0.316 e. The van der Waals surface area contributed by atoms with Crippen LogP contribution in [-0.4, -0.2) is 24.2 Å². The van der Waals surface area contributed by atoms with Crippen molar-refractivity contribution in [1.29, 1.82) is 0 Å². The Kier molecular flexibility index (Phi) is 7.04. The maximum Gasteiger partial charge on any atom is 0.316 e. The summed E-state index contributed by atoms with van der Waals surface area (Å²) in [6.07, 6.45) is 0. The van der Waals surface area contributed by atoms with Gasteiger partial charge in [-0.15, -0.1) is 11.8 Å². The van der Waals surface area contributed by atoms with Gasteiger partial charge in [0.15, 0.2) is 6.61 Å². The Balaban J connectivity index is 1.81. The molecule has 1 N–H and O–H groups in total. The van der Waals surface area contributed by atoms with Crippen LogP contribution in [0.4, 0.5) is 14.5 Å². The number of carbonyl (C=O) groups excluding carboxylic acids is 2. The molecule has 25 heavy (non-hydrogen) atoms. The lowest BCUT2D eigenvalue weighted by Crippen LogP contribution is -2.22. The van der Waals surface area contributed by atoms with E-state index in [1.807, 2.05) is 5.32 Å². The predicted molar refractivity (Wildman–Crippen MR) is 93.1 cm³/mol. The fourth-order valence-electron chi connectivity index (χ4n) is 1.70. The average Bonchev–Trinajstić information content (AvgIpc) is 2.57. The third-order valence-electron chi connectivity index (χ3n) is 2.83. The van der Waals surface area contributed by atoms with Crippen molar-refractivity contribution in [3.8, 4) is 0 Å². The predicted octanol–water partition coefficient (Wildman–Crippen LogP) is 4.55. The van der Waals surface area contributed by atoms with Crippen LogP contribution in [0.15, 0.2) is 41.3 Å². The minimum atomic E-state index is -0.925. The number of esters is 1. The zero-order chi connectivity index (χ0) is 18.4. The Bertz CT molecular complexity index is 785. The molecule has 0 saturated carbocycles. The molecule has 4 nitrogen and oxygen atoms in total. The number of hydrogen-bond acceptors (Lipinski definition) is 4. The lowest BCUT2D eigenvalue weighted by Gasteiger charge is -2.08. The van der Waals surface area contributed by atoms with Gasteiger partial charge in [-0.3, -0.25) is 9.59 Å². The van der Waals surface area contributed by atoms with Gasteiger partial charge in [-0.05, 0) is 30.3 Å². The second kappa shape index (κ2) is 9.03. The van der Waals surface area contributed by atoms with Crippen LogP contribution in [0.5, 0.6) is 0 Å². The van der Waals surface area contributed by atoms with Crippen molar-refractivity contribution >= 4 is 52.5 Å². The summed E-state index contributed by atoms with van der Waals surface area (Å²) in [5.74, 6) is -3.51. The van der Waals surface area contributed by atoms with Crippen LogP contribution in [0.25, 0.3) is 0 Å². The van der Waals surface area contributed by atoms with Gasteiger partial charge in [-0.2, -0.15) is 0 Å². The number of benzene rings is 2. The van der Waals surface area contributed by atoms with Crippen LogP contribution in [0.1, 0.15) is 0 Å². The highest BCUT2D eigenvalue weighted by molar-refractivity contribution is 8.00. The maximum atomic E-state index is 13.4. The monoisotopic (exact) mass is 405 g/mol. The summed E-state index contributed by atoms with van der Waals surface area (Å²) in [7, 11) is 0. The number of carbonyl (C=O) groups is 2. The van der Waals surface area contributed by atoms with E-state index in [1.165, 1.54) is 6.07 Å². The molecule has 0 heterocycles. The van der Waals surface area contributed by atoms with E-state index >= 15 is 0 Å². The molecule has 0 fully saturated rings. The number of ether oxygens (including phenoxy) is 1. The average molecular weight is 406 g/mol. The van der Waals surface area contributed by atoms with Crippen LogP contribution in [0, 0.1) is 11.6 Å². The number of amides is 1. The maximum absolute atomic E-state index is 13.4. The van der Waals surface area contributed by atoms with Crippen molar-refractivity contribution in [3.63, 3.8) is 0 Å². The van der Waals surface area contributed by atoms with Crippen molar-refractivity contribution < 1.29 is 23.1 Å². The van der Waals surface area contributed by atoms with Gasteiger partial charge in [0.05, 0.1) is 10.8 Å². The summed E-state index contributed by atoms with van der Waals surface area (Å²) < 4.78 is 31.6. The van der Waals surface area contributed by atoms with E-state index in [1.54, 1.807) is 18.2 Å². The minimum Gasteiger partial charge on any atom is -0.455 e. The second-order valence-corrected chi connectivity index (χ2v) is 6.53. The normalized spacial score (nSPS) is 10.4. The summed E-state index contributed by atoms with van der Waals surface area (Å²) in [6.45, 7) is -0.670. The van der Waals surface area contributed by atoms with Crippen LogP contribution in [-0.2, 0) is 14.3 Å². The molecular formula is C16H11Cl2F2NO3S. The summed E-state index contributed by atoms with van der Waals surface area (Å²) in [5, 5.41) is 2.90. The minimum absolute atomic E-state index is 0.110. The topological polar surface area (TPSA) is 55.4 Å². The number of nitrogens with one attached hydrogen (secondary N) is 1. The Morgan fingerprint density at radius 3 is 2.48 bits per heavy atom. The Morgan fingerprint density at radius 1 is 1.12 bits per heavy atom. The van der Waals surface area contributed by atoms with Gasteiger partial charge >= 0.3 is 5.97 Å². The first-order valence-electron chi connectivity index (χ1n) is 6.84. The van der Waals surface area contributed by atoms with E-state index in [0.29, 0.717) is 14.9 Å². The Morgan fingerprint density at radius 2 is 1.80 bits per heavy atom. The highest BCUT2D eigenvalue weighted by Gasteiger charge is 2.14. The molecule has 0 saturated heterocycles. The van der Waals surface area contributed by atoms with Gasteiger partial charge in [0.25, 0.3) is 5.91 Å². The third-order valence-corrected chi connectivity index (χ3v) is 4.54. The molecule has 1 amide bonds. The standard InChI is InChI=1S/C16H11Cl2F2NO3S/c17-9-4-5-10(18)13(6-9)25-8-15(23)24-7-14(22)21-16-11(19)2-1-3-12(16)20/h1-6H,7-8H2,(H,21,22). The number of para-hydroxylation sites is 1. The highest BCUT2D eigenvalue weighted by atomic mass is 35.5. The van der Waals surface area contributed by atoms with Gasteiger partial charge in [0.2, 0.25) is 0 Å². The van der Waals surface area contributed by atoms with Crippen molar-refractivity contribution in [2.24, 2.45) is 0 Å². The largest absolute Gasteiger partial charge is 0.455 e. The Hall–Kier alpha value is -1.83. The first-order chi connectivity index (χ1) is 11.9. The van der Waals surface area contributed by atoms with Gasteiger partial charge in [0, 0.05) is 9.92 Å². The molecule has 0 aliphatic heterocycles. The quantitative estimate of drug-likeness (QED) is 0.565. The first kappa shape index (κ1) is 19.5. The molecule has 0 bridgehead atoms. The van der Waals surface area contributed by atoms with Gasteiger partial charge in [-0.1, -0.05) is 29.3 Å². The zero-order valence-corrected chi connectivity index (χ0v) is 14.9. The van der Waals surface area contributed by atoms with Gasteiger partial charge in [-0.25, -0.2) is 8.78 Å². The van der Waals surface area contributed by atoms with E-state index in [0.717, 1.165) is 23.9 Å². The molecule has 0 aliphatic carbocycles. The van der Waals surface area contributed by atoms with Crippen LogP contribution in [0.3, 0.4) is 0 Å². The SMILES string of the molecule is O=C(COC(=O)CSc1cc(Cl)ccc1Cl)Nc1c(F)cccc1F. The molecule has 2 aromatic carbocycles. The number of anilines is 1. The van der Waals surface area contributed by atoms with E-state index < -0.39 is 35.8 Å². The van der Waals surface area contributed by atoms with E-state index in [4.69, 9.17) is 27.9 Å². The summed E-state index contributed by atoms with van der Waals surface area (Å²) in [5.41, 5.74) is -0.594. The molecule has 0 atom stereocenters. The molecule has 0 spiro atoms. The third kappa shape index (κ3) is 5.88. The lowest BCUT2D eigenvalue weighted by molar-refractivity contribution is -0.144. The molecule has 132 valence electrons. The Labute approximate surface area is 156 Å². The van der Waals surface area contributed by atoms with Crippen molar-refractivity contribution in [1.82, 2.24) is 0 Å². The molecule has 2 rings (SSSR count). The molecule has 9 heteroatoms. The fraction of sp³-hybridized carbons (Fsp3) is 0.125. The number of halogens is 4. The number of thioether (sulfide) groups is 1. The molecule has 2 aromatic rings. The van der Waals surface area contributed by atoms with Crippen molar-refractivity contribution in [2.75, 3.05) is 17.7 Å². The molecule has 0 aromatic heterocycles. The van der Waals surface area contributed by atoms with Gasteiger partial charge in [0.1, 0.15) is 17.3 Å². The van der Waals surface area contributed by atoms with E-state index in [2.05, 4.69) is 0 Å². The summed E-state index contributed by atoms with van der Waals surface area (Å²) in [6, 6.07) is 7.95. The van der Waals surface area contributed by atoms with E-state index in [9.17, 15) is 18.4 Å². The molecular weight excluding hydrogens is 395 g/mol. The lowest BCUT2D eigenvalue weighted by atomic mass is 10.3. The molecule has 0 unspecified atom stereocenters. The summed E-state index contributed by atoms with van der Waals surface area (Å²) in [4.78, 5) is 23.9. The van der Waals surface area contributed by atoms with E-state index in [-0.39, 0.29) is 5.75 Å². The zero-order valence-electron chi connectivity index (χ0n) is 12.5. The molecule has 0 aliphatic rings. The number of rotatable bonds is 6. The first-order valence-corrected chi connectivity index (χ1v) is 8.58. The van der Waals surface area contributed by atoms with Gasteiger partial charge < -0.3 is 10.1 Å². The molecule has 0 radical (unpaired) electrons. The van der Waals surface area contributed by atoms with Crippen LogP contribution < -0.4 is 5.32 Å². The summed E-state index contributed by atoms with van der Waals surface area (Å²) >= 11 is 12.9. The number of hydrogen-bond donors (Lipinski definition) is 1. The van der Waals surface area contributed by atoms with Crippen LogP contribution in [0.2, 0.25) is 10.0 Å². The van der Waals surface area contributed by atoms with Crippen LogP contribution >= 0.6 is 35.0 Å². The van der Waals surface area contributed by atoms with Crippen molar-refractivity contribution in [2.45, 2.75) is 4.90 Å².